The number of amides is 1. The summed E-state index contributed by atoms with van der Waals surface area (Å²) < 4.78 is 11.5. The fourth-order valence-electron chi connectivity index (χ4n) is 3.26. The number of ether oxygens (including phenoxy) is 1. The van der Waals surface area contributed by atoms with Gasteiger partial charge in [0.1, 0.15) is 16.8 Å². The van der Waals surface area contributed by atoms with Crippen LogP contribution in [0.3, 0.4) is 0 Å². The van der Waals surface area contributed by atoms with Crippen LogP contribution in [-0.4, -0.2) is 17.5 Å². The zero-order valence-corrected chi connectivity index (χ0v) is 15.5. The zero-order valence-electron chi connectivity index (χ0n) is 15.5. The van der Waals surface area contributed by atoms with Crippen LogP contribution in [0.2, 0.25) is 0 Å². The summed E-state index contributed by atoms with van der Waals surface area (Å²) in [6.45, 7) is 6.40. The van der Waals surface area contributed by atoms with E-state index in [-0.39, 0.29) is 5.91 Å². The molecule has 0 unspecified atom stereocenters. The fourth-order valence-corrected chi connectivity index (χ4v) is 3.26. The topological polar surface area (TPSA) is 64.4 Å². The van der Waals surface area contributed by atoms with Gasteiger partial charge in [-0.15, -0.1) is 0 Å². The summed E-state index contributed by atoms with van der Waals surface area (Å²) in [5.74, 6) is 0.735. The van der Waals surface area contributed by atoms with Crippen LogP contribution in [0.15, 0.2) is 53.1 Å². The molecule has 0 fully saturated rings. The number of carbonyl (C=O) groups excluding carboxylic acids is 1. The van der Waals surface area contributed by atoms with Crippen LogP contribution in [-0.2, 0) is 0 Å². The minimum absolute atomic E-state index is 0.282. The number of nitrogens with zero attached hydrogens (tertiary/aromatic N) is 1. The summed E-state index contributed by atoms with van der Waals surface area (Å²) in [6.07, 6.45) is 1.71. The molecule has 0 aliphatic heterocycles. The summed E-state index contributed by atoms with van der Waals surface area (Å²) in [7, 11) is 0. The molecule has 0 saturated heterocycles. The van der Waals surface area contributed by atoms with Crippen molar-refractivity contribution < 1.29 is 13.9 Å². The second kappa shape index (κ2) is 6.76. The van der Waals surface area contributed by atoms with E-state index in [9.17, 15) is 4.79 Å². The van der Waals surface area contributed by atoms with E-state index in [4.69, 9.17) is 9.15 Å². The minimum Gasteiger partial charge on any atom is -0.492 e. The summed E-state index contributed by atoms with van der Waals surface area (Å²) in [5, 5.41) is 4.74. The van der Waals surface area contributed by atoms with Gasteiger partial charge in [0.05, 0.1) is 12.3 Å². The summed E-state index contributed by atoms with van der Waals surface area (Å²) in [5.41, 5.74) is 4.06. The first-order valence-electron chi connectivity index (χ1n) is 8.90. The molecule has 27 heavy (non-hydrogen) atoms. The van der Waals surface area contributed by atoms with Gasteiger partial charge in [0.25, 0.3) is 5.91 Å². The molecule has 5 nitrogen and oxygen atoms in total. The van der Waals surface area contributed by atoms with E-state index in [1.807, 2.05) is 63.2 Å². The van der Waals surface area contributed by atoms with Crippen LogP contribution in [0.5, 0.6) is 5.75 Å². The Morgan fingerprint density at radius 2 is 2.00 bits per heavy atom. The number of aryl methyl sites for hydroxylation is 2. The van der Waals surface area contributed by atoms with Gasteiger partial charge in [0.15, 0.2) is 5.76 Å². The third-order valence-corrected chi connectivity index (χ3v) is 4.58. The van der Waals surface area contributed by atoms with Crippen molar-refractivity contribution >= 4 is 33.5 Å². The normalized spacial score (nSPS) is 11.1. The standard InChI is InChI=1S/C22H20N2O3/c1-4-26-19-10-8-17(15-6-5-11-23-20(15)19)24-22(25)21-14(3)16-12-13(2)7-9-18(16)27-21/h5-12H,4H2,1-3H3,(H,24,25). The van der Waals surface area contributed by atoms with E-state index >= 15 is 0 Å². The number of pyridine rings is 1. The number of rotatable bonds is 4. The van der Waals surface area contributed by atoms with Gasteiger partial charge in [-0.25, -0.2) is 0 Å². The molecule has 0 spiro atoms. The van der Waals surface area contributed by atoms with Gasteiger partial charge in [-0.3, -0.25) is 9.78 Å². The second-order valence-electron chi connectivity index (χ2n) is 6.45. The molecule has 2 heterocycles. The molecule has 0 atom stereocenters. The summed E-state index contributed by atoms with van der Waals surface area (Å²) >= 11 is 0. The average Bonchev–Trinajstić information content (AvgIpc) is 3.00. The molecule has 4 aromatic rings. The molecule has 0 radical (unpaired) electrons. The van der Waals surface area contributed by atoms with Crippen molar-refractivity contribution in [3.8, 4) is 5.75 Å². The highest BCUT2D eigenvalue weighted by Gasteiger charge is 2.19. The maximum Gasteiger partial charge on any atom is 0.291 e. The number of benzene rings is 2. The van der Waals surface area contributed by atoms with Crippen molar-refractivity contribution in [1.29, 1.82) is 0 Å². The van der Waals surface area contributed by atoms with E-state index in [1.54, 1.807) is 6.20 Å². The third kappa shape index (κ3) is 3.01. The number of carbonyl (C=O) groups is 1. The quantitative estimate of drug-likeness (QED) is 0.540. The van der Waals surface area contributed by atoms with Crippen LogP contribution in [0, 0.1) is 13.8 Å². The molecule has 0 aliphatic carbocycles. The fraction of sp³-hybridized carbons (Fsp3) is 0.182. The van der Waals surface area contributed by atoms with Gasteiger partial charge in [0.2, 0.25) is 0 Å². The first kappa shape index (κ1) is 17.1. The van der Waals surface area contributed by atoms with E-state index in [2.05, 4.69) is 10.3 Å². The van der Waals surface area contributed by atoms with Gasteiger partial charge < -0.3 is 14.5 Å². The third-order valence-electron chi connectivity index (χ3n) is 4.58. The SMILES string of the molecule is CCOc1ccc(NC(=O)c2oc3ccc(C)cc3c2C)c2cccnc12. The average molecular weight is 360 g/mol. The molecule has 136 valence electrons. The van der Waals surface area contributed by atoms with Crippen LogP contribution < -0.4 is 10.1 Å². The molecule has 0 saturated carbocycles. The smallest absolute Gasteiger partial charge is 0.291 e. The Morgan fingerprint density at radius 3 is 2.81 bits per heavy atom. The number of nitrogens with one attached hydrogen (secondary N) is 1. The minimum atomic E-state index is -0.282. The van der Waals surface area contributed by atoms with Crippen molar-refractivity contribution in [2.24, 2.45) is 0 Å². The number of aromatic nitrogens is 1. The molecule has 0 aliphatic rings. The highest BCUT2D eigenvalue weighted by Crippen LogP contribution is 2.31. The van der Waals surface area contributed by atoms with Crippen molar-refractivity contribution in [2.75, 3.05) is 11.9 Å². The Morgan fingerprint density at radius 1 is 1.15 bits per heavy atom. The lowest BCUT2D eigenvalue weighted by Gasteiger charge is -2.11. The lowest BCUT2D eigenvalue weighted by atomic mass is 10.1. The van der Waals surface area contributed by atoms with Crippen molar-refractivity contribution in [2.45, 2.75) is 20.8 Å². The first-order chi connectivity index (χ1) is 13.1. The monoisotopic (exact) mass is 360 g/mol. The summed E-state index contributed by atoms with van der Waals surface area (Å²) in [6, 6.07) is 13.3. The lowest BCUT2D eigenvalue weighted by molar-refractivity contribution is 0.0998. The number of hydrogen-bond acceptors (Lipinski definition) is 4. The Labute approximate surface area is 157 Å². The van der Waals surface area contributed by atoms with Gasteiger partial charge in [-0.1, -0.05) is 11.6 Å². The van der Waals surface area contributed by atoms with Gasteiger partial charge >= 0.3 is 0 Å². The number of furan rings is 1. The molecule has 0 bridgehead atoms. The molecule has 2 aromatic heterocycles. The molecule has 1 N–H and O–H groups in total. The van der Waals surface area contributed by atoms with Gasteiger partial charge in [-0.05, 0) is 57.2 Å². The maximum atomic E-state index is 12.9. The number of anilines is 1. The van der Waals surface area contributed by atoms with E-state index in [0.29, 0.717) is 34.9 Å². The van der Waals surface area contributed by atoms with Crippen LogP contribution in [0.25, 0.3) is 21.9 Å². The van der Waals surface area contributed by atoms with Crippen LogP contribution >= 0.6 is 0 Å². The first-order valence-corrected chi connectivity index (χ1v) is 8.90. The number of hydrogen-bond donors (Lipinski definition) is 1. The molecule has 1 amide bonds. The zero-order chi connectivity index (χ0) is 19.0. The highest BCUT2D eigenvalue weighted by molar-refractivity contribution is 6.10. The van der Waals surface area contributed by atoms with Crippen LogP contribution in [0.1, 0.15) is 28.6 Å². The van der Waals surface area contributed by atoms with E-state index in [0.717, 1.165) is 21.9 Å². The molecule has 2 aromatic carbocycles. The van der Waals surface area contributed by atoms with E-state index < -0.39 is 0 Å². The predicted octanol–water partition coefficient (Wildman–Crippen LogP) is 5.25. The Bertz CT molecular complexity index is 1160. The molecule has 5 heteroatoms. The predicted molar refractivity (Wildman–Crippen MR) is 107 cm³/mol. The Kier molecular flexibility index (Phi) is 4.28. The maximum absolute atomic E-state index is 12.9. The Hall–Kier alpha value is -3.34. The van der Waals surface area contributed by atoms with Crippen molar-refractivity contribution in [3.05, 3.63) is 65.5 Å². The largest absolute Gasteiger partial charge is 0.492 e. The van der Waals surface area contributed by atoms with E-state index in [1.165, 1.54) is 0 Å². The van der Waals surface area contributed by atoms with Crippen molar-refractivity contribution in [1.82, 2.24) is 4.98 Å². The molecule has 4 rings (SSSR count). The molecular formula is C22H20N2O3. The van der Waals surface area contributed by atoms with Gasteiger partial charge in [0, 0.05) is 22.5 Å². The Balaban J connectivity index is 1.73. The molecular weight excluding hydrogens is 340 g/mol. The highest BCUT2D eigenvalue weighted by atomic mass is 16.5. The van der Waals surface area contributed by atoms with Gasteiger partial charge in [-0.2, -0.15) is 0 Å². The lowest BCUT2D eigenvalue weighted by Crippen LogP contribution is -2.12. The summed E-state index contributed by atoms with van der Waals surface area (Å²) in [4.78, 5) is 17.3. The van der Waals surface area contributed by atoms with Crippen LogP contribution in [0.4, 0.5) is 5.69 Å². The second-order valence-corrected chi connectivity index (χ2v) is 6.45. The van der Waals surface area contributed by atoms with Crippen molar-refractivity contribution in [3.63, 3.8) is 0 Å². The number of fused-ring (bicyclic) bond motifs is 2.